The molecule has 0 saturated carbocycles. The van der Waals surface area contributed by atoms with Gasteiger partial charge in [0.15, 0.2) is 0 Å². The SMILES string of the molecule is CCCO[Si](CCCS)(CCCOC)OCCC. The molecule has 0 aliphatic rings. The molecule has 0 aliphatic heterocycles. The van der Waals surface area contributed by atoms with E-state index >= 15 is 0 Å². The van der Waals surface area contributed by atoms with Crippen LogP contribution in [0.3, 0.4) is 0 Å². The molecule has 0 rings (SSSR count). The first-order valence-electron chi connectivity index (χ1n) is 7.12. The van der Waals surface area contributed by atoms with Gasteiger partial charge in [-0.3, -0.25) is 0 Å². The molecule has 0 amide bonds. The molecule has 18 heavy (non-hydrogen) atoms. The van der Waals surface area contributed by atoms with Crippen LogP contribution in [0.5, 0.6) is 0 Å². The maximum atomic E-state index is 6.16. The van der Waals surface area contributed by atoms with Crippen molar-refractivity contribution < 1.29 is 13.6 Å². The first-order chi connectivity index (χ1) is 8.74. The molecule has 5 heteroatoms. The van der Waals surface area contributed by atoms with Crippen LogP contribution < -0.4 is 0 Å². The predicted octanol–water partition coefficient (Wildman–Crippen LogP) is 3.64. The highest BCUT2D eigenvalue weighted by Gasteiger charge is 2.36. The summed E-state index contributed by atoms with van der Waals surface area (Å²) < 4.78 is 17.5. The van der Waals surface area contributed by atoms with E-state index in [-0.39, 0.29) is 0 Å². The van der Waals surface area contributed by atoms with Crippen LogP contribution in [0.15, 0.2) is 0 Å². The van der Waals surface area contributed by atoms with E-state index in [1.807, 2.05) is 0 Å². The van der Waals surface area contributed by atoms with Gasteiger partial charge in [-0.2, -0.15) is 12.6 Å². The molecule has 110 valence electrons. The second kappa shape index (κ2) is 12.5. The first kappa shape index (κ1) is 18.4. The number of hydrogen-bond donors (Lipinski definition) is 1. The Bertz CT molecular complexity index is 160. The Kier molecular flexibility index (Phi) is 12.8. The molecule has 0 unspecified atom stereocenters. The molecule has 0 aromatic heterocycles. The third-order valence-corrected chi connectivity index (χ3v) is 6.77. The Morgan fingerprint density at radius 1 is 0.889 bits per heavy atom. The van der Waals surface area contributed by atoms with E-state index in [2.05, 4.69) is 26.5 Å². The molecule has 0 N–H and O–H groups in total. The number of rotatable bonds is 13. The van der Waals surface area contributed by atoms with Gasteiger partial charge in [-0.1, -0.05) is 13.8 Å². The number of ether oxygens (including phenoxy) is 1. The molecule has 0 radical (unpaired) electrons. The van der Waals surface area contributed by atoms with E-state index in [9.17, 15) is 0 Å². The van der Waals surface area contributed by atoms with Crippen LogP contribution in [0.2, 0.25) is 12.1 Å². The lowest BCUT2D eigenvalue weighted by molar-refractivity contribution is 0.157. The molecule has 0 bridgehead atoms. The van der Waals surface area contributed by atoms with Gasteiger partial charge >= 0.3 is 8.56 Å². The van der Waals surface area contributed by atoms with Crippen molar-refractivity contribution in [3.05, 3.63) is 0 Å². The van der Waals surface area contributed by atoms with Crippen LogP contribution in [-0.4, -0.2) is 41.2 Å². The summed E-state index contributed by atoms with van der Waals surface area (Å²) in [5.41, 5.74) is 0. The monoisotopic (exact) mass is 294 g/mol. The summed E-state index contributed by atoms with van der Waals surface area (Å²) >= 11 is 4.31. The molecule has 0 aromatic rings. The predicted molar refractivity (Wildman–Crippen MR) is 82.8 cm³/mol. The van der Waals surface area contributed by atoms with Crippen LogP contribution in [0, 0.1) is 0 Å². The van der Waals surface area contributed by atoms with Crippen LogP contribution in [0.4, 0.5) is 0 Å². The van der Waals surface area contributed by atoms with Gasteiger partial charge in [0.1, 0.15) is 0 Å². The van der Waals surface area contributed by atoms with Crippen molar-refractivity contribution in [1.82, 2.24) is 0 Å². The van der Waals surface area contributed by atoms with Gasteiger partial charge in [-0.15, -0.1) is 0 Å². The van der Waals surface area contributed by atoms with Crippen molar-refractivity contribution in [1.29, 1.82) is 0 Å². The molecular formula is C13H30O3SSi. The fraction of sp³-hybridized carbons (Fsp3) is 1.00. The summed E-state index contributed by atoms with van der Waals surface area (Å²) in [6.07, 6.45) is 4.21. The Morgan fingerprint density at radius 3 is 1.89 bits per heavy atom. The highest BCUT2D eigenvalue weighted by molar-refractivity contribution is 7.80. The van der Waals surface area contributed by atoms with Crippen molar-refractivity contribution in [2.45, 2.75) is 51.6 Å². The van der Waals surface area contributed by atoms with Gasteiger partial charge < -0.3 is 13.6 Å². The van der Waals surface area contributed by atoms with E-state index in [0.29, 0.717) is 0 Å². The minimum atomic E-state index is -2.02. The average molecular weight is 295 g/mol. The van der Waals surface area contributed by atoms with Crippen LogP contribution in [0.25, 0.3) is 0 Å². The molecule has 0 fully saturated rings. The molecular weight excluding hydrogens is 264 g/mol. The lowest BCUT2D eigenvalue weighted by Crippen LogP contribution is -2.43. The number of hydrogen-bond acceptors (Lipinski definition) is 4. The van der Waals surface area contributed by atoms with Crippen LogP contribution >= 0.6 is 12.6 Å². The average Bonchev–Trinajstić information content (AvgIpc) is 2.40. The molecule has 0 spiro atoms. The zero-order valence-corrected chi connectivity index (χ0v) is 14.1. The Labute approximate surface area is 119 Å². The fourth-order valence-electron chi connectivity index (χ4n) is 1.87. The maximum absolute atomic E-state index is 6.16. The van der Waals surface area contributed by atoms with Crippen molar-refractivity contribution in [3.63, 3.8) is 0 Å². The van der Waals surface area contributed by atoms with E-state index in [0.717, 1.165) is 63.3 Å². The van der Waals surface area contributed by atoms with Gasteiger partial charge in [-0.05, 0) is 43.5 Å². The van der Waals surface area contributed by atoms with Gasteiger partial charge in [0, 0.05) is 26.9 Å². The smallest absolute Gasteiger partial charge is 0.338 e. The summed E-state index contributed by atoms with van der Waals surface area (Å²) in [7, 11) is -0.278. The highest BCUT2D eigenvalue weighted by atomic mass is 32.1. The van der Waals surface area contributed by atoms with Crippen LogP contribution in [0.1, 0.15) is 39.5 Å². The Balaban J connectivity index is 4.41. The van der Waals surface area contributed by atoms with Crippen molar-refractivity contribution in [2.75, 3.05) is 32.7 Å². The van der Waals surface area contributed by atoms with Gasteiger partial charge in [0.05, 0.1) is 0 Å². The normalized spacial score (nSPS) is 12.0. The van der Waals surface area contributed by atoms with Crippen molar-refractivity contribution in [2.24, 2.45) is 0 Å². The molecule has 0 aromatic carbocycles. The molecule has 3 nitrogen and oxygen atoms in total. The standard InChI is InChI=1S/C13H30O3SSi/c1-4-8-15-18(13-7-11-17,16-9-5-2)12-6-10-14-3/h17H,4-13H2,1-3H3. The fourth-order valence-corrected chi connectivity index (χ4v) is 5.78. The van der Waals surface area contributed by atoms with E-state index in [1.165, 1.54) is 0 Å². The van der Waals surface area contributed by atoms with Crippen molar-refractivity contribution >= 4 is 21.2 Å². The summed E-state index contributed by atoms with van der Waals surface area (Å²) in [6, 6.07) is 2.09. The summed E-state index contributed by atoms with van der Waals surface area (Å²) in [5, 5.41) is 0. The lowest BCUT2D eigenvalue weighted by Gasteiger charge is -2.31. The quantitative estimate of drug-likeness (QED) is 0.319. The molecule has 0 heterocycles. The van der Waals surface area contributed by atoms with E-state index in [4.69, 9.17) is 13.6 Å². The lowest BCUT2D eigenvalue weighted by atomic mass is 10.5. The summed E-state index contributed by atoms with van der Waals surface area (Å²) in [4.78, 5) is 0. The zero-order valence-electron chi connectivity index (χ0n) is 12.2. The summed E-state index contributed by atoms with van der Waals surface area (Å²) in [5.74, 6) is 0.907. The molecule has 0 saturated heterocycles. The minimum Gasteiger partial charge on any atom is -0.394 e. The van der Waals surface area contributed by atoms with Gasteiger partial charge in [0.2, 0.25) is 0 Å². The highest BCUT2D eigenvalue weighted by Crippen LogP contribution is 2.24. The third-order valence-electron chi connectivity index (χ3n) is 2.76. The number of thiol groups is 1. The minimum absolute atomic E-state index is 0.792. The van der Waals surface area contributed by atoms with E-state index in [1.54, 1.807) is 7.11 Å². The second-order valence-electron chi connectivity index (χ2n) is 4.53. The molecule has 0 aliphatic carbocycles. The molecule has 0 atom stereocenters. The summed E-state index contributed by atoms with van der Waals surface area (Å²) in [6.45, 7) is 6.71. The largest absolute Gasteiger partial charge is 0.394 e. The maximum Gasteiger partial charge on any atom is 0.338 e. The topological polar surface area (TPSA) is 27.7 Å². The van der Waals surface area contributed by atoms with Crippen LogP contribution in [-0.2, 0) is 13.6 Å². The van der Waals surface area contributed by atoms with Crippen molar-refractivity contribution in [3.8, 4) is 0 Å². The first-order valence-corrected chi connectivity index (χ1v) is 9.98. The Hall–Kier alpha value is 0.447. The Morgan fingerprint density at radius 2 is 1.44 bits per heavy atom. The third kappa shape index (κ3) is 8.53. The zero-order chi connectivity index (χ0) is 13.7. The van der Waals surface area contributed by atoms with E-state index < -0.39 is 8.56 Å². The number of methoxy groups -OCH3 is 1. The van der Waals surface area contributed by atoms with Gasteiger partial charge in [-0.25, -0.2) is 0 Å². The second-order valence-corrected chi connectivity index (χ2v) is 8.38. The van der Waals surface area contributed by atoms with Gasteiger partial charge in [0.25, 0.3) is 0 Å².